The first-order valence-corrected chi connectivity index (χ1v) is 9.03. The van der Waals surface area contributed by atoms with Crippen LogP contribution in [-0.4, -0.2) is 13.2 Å². The van der Waals surface area contributed by atoms with Crippen molar-refractivity contribution in [3.63, 3.8) is 0 Å². The van der Waals surface area contributed by atoms with Gasteiger partial charge in [0.05, 0.1) is 0 Å². The molecule has 0 aromatic rings. The van der Waals surface area contributed by atoms with Crippen LogP contribution in [0.25, 0.3) is 0 Å². The minimum Gasteiger partial charge on any atom is -0.123 e. The third-order valence-electron chi connectivity index (χ3n) is 3.48. The predicted molar refractivity (Wildman–Crippen MR) is 58.8 cm³/mol. The highest BCUT2D eigenvalue weighted by atomic mass is 127. The van der Waals surface area contributed by atoms with Crippen LogP contribution in [0.4, 0.5) is 0 Å². The zero-order valence-electron chi connectivity index (χ0n) is 8.85. The molecular formula is C12H21ClI+. The lowest BCUT2D eigenvalue weighted by Gasteiger charge is -2.20. The Kier molecular flexibility index (Phi) is 4.87. The zero-order chi connectivity index (χ0) is 9.80. The molecule has 2 saturated carbocycles. The van der Waals surface area contributed by atoms with Crippen LogP contribution in [0.15, 0.2) is 0 Å². The molecule has 2 aliphatic rings. The van der Waals surface area contributed by atoms with Gasteiger partial charge in [0.15, 0.2) is 7.85 Å². The lowest BCUT2D eigenvalue weighted by atomic mass is 10.0. The maximum Gasteiger partial charge on any atom is 0.275 e. The molecule has 0 spiro atoms. The van der Waals surface area contributed by atoms with E-state index in [9.17, 15) is 0 Å². The second-order valence-electron chi connectivity index (χ2n) is 4.71. The van der Waals surface area contributed by atoms with Gasteiger partial charge in [-0.25, -0.2) is 0 Å². The van der Waals surface area contributed by atoms with Gasteiger partial charge in [0.25, 0.3) is 21.2 Å². The monoisotopic (exact) mass is 327 g/mol. The molecule has 0 atom stereocenters. The summed E-state index contributed by atoms with van der Waals surface area (Å²) in [5, 5.41) is 0.515. The van der Waals surface area contributed by atoms with Crippen molar-refractivity contribution < 1.29 is 21.2 Å². The summed E-state index contributed by atoms with van der Waals surface area (Å²) in [6, 6.07) is 0. The van der Waals surface area contributed by atoms with Crippen LogP contribution < -0.4 is 21.2 Å². The average Bonchev–Trinajstić information content (AvgIpc) is 2.23. The standard InChI is InChI=1S/C12H21ClI/c13-10-6-8-12(9-7-10)14-11-4-2-1-3-5-11/h10-12H,1-9H2/q+1. The van der Waals surface area contributed by atoms with Gasteiger partial charge in [-0.05, 0) is 51.4 Å². The average molecular weight is 328 g/mol. The van der Waals surface area contributed by atoms with Crippen LogP contribution in [0.1, 0.15) is 57.8 Å². The second kappa shape index (κ2) is 5.93. The Bertz CT molecular complexity index is 158. The Hall–Kier alpha value is 1.02. The van der Waals surface area contributed by atoms with Gasteiger partial charge >= 0.3 is 0 Å². The largest absolute Gasteiger partial charge is 0.275 e. The van der Waals surface area contributed by atoms with Crippen molar-refractivity contribution in [2.45, 2.75) is 71.0 Å². The Morgan fingerprint density at radius 1 is 0.714 bits per heavy atom. The molecule has 2 rings (SSSR count). The first kappa shape index (κ1) is 11.5. The molecule has 0 aromatic carbocycles. The van der Waals surface area contributed by atoms with Crippen molar-refractivity contribution in [1.29, 1.82) is 0 Å². The van der Waals surface area contributed by atoms with Gasteiger partial charge < -0.3 is 0 Å². The number of hydrogen-bond acceptors (Lipinski definition) is 0. The maximum atomic E-state index is 6.14. The number of rotatable bonds is 2. The fourth-order valence-electron chi connectivity index (χ4n) is 2.57. The Balaban J connectivity index is 1.68. The summed E-state index contributed by atoms with van der Waals surface area (Å²) in [7, 11) is 0. The molecular weight excluding hydrogens is 306 g/mol. The molecule has 0 aromatic heterocycles. The van der Waals surface area contributed by atoms with Crippen molar-refractivity contribution in [1.82, 2.24) is 0 Å². The van der Waals surface area contributed by atoms with Gasteiger partial charge in [-0.1, -0.05) is 6.42 Å². The molecule has 0 aliphatic heterocycles. The van der Waals surface area contributed by atoms with Crippen molar-refractivity contribution in [2.24, 2.45) is 0 Å². The summed E-state index contributed by atoms with van der Waals surface area (Å²) < 4.78 is 2.31. The van der Waals surface area contributed by atoms with Crippen LogP contribution in [0.2, 0.25) is 0 Å². The molecule has 2 fully saturated rings. The molecule has 2 aliphatic carbocycles. The predicted octanol–water partition coefficient (Wildman–Crippen LogP) is 0.958. The summed E-state index contributed by atoms with van der Waals surface area (Å²) in [6.45, 7) is 0. The Morgan fingerprint density at radius 3 is 1.93 bits per heavy atom. The first-order chi connectivity index (χ1) is 6.84. The van der Waals surface area contributed by atoms with E-state index < -0.39 is 0 Å². The second-order valence-corrected chi connectivity index (χ2v) is 9.57. The highest BCUT2D eigenvalue weighted by Crippen LogP contribution is 2.20. The molecule has 2 heteroatoms. The van der Waals surface area contributed by atoms with Gasteiger partial charge in [-0.2, -0.15) is 0 Å². The lowest BCUT2D eigenvalue weighted by Crippen LogP contribution is -3.68. The normalized spacial score (nSPS) is 35.8. The Labute approximate surface area is 103 Å². The molecule has 0 nitrogen and oxygen atoms in total. The van der Waals surface area contributed by atoms with Crippen LogP contribution in [0.3, 0.4) is 0 Å². The molecule has 0 N–H and O–H groups in total. The Morgan fingerprint density at radius 2 is 1.29 bits per heavy atom. The van der Waals surface area contributed by atoms with Crippen molar-refractivity contribution in [3.8, 4) is 0 Å². The summed E-state index contributed by atoms with van der Waals surface area (Å²) in [5.41, 5.74) is 0. The van der Waals surface area contributed by atoms with Crippen molar-refractivity contribution in [2.75, 3.05) is 0 Å². The van der Waals surface area contributed by atoms with E-state index in [1.165, 1.54) is 48.9 Å². The van der Waals surface area contributed by atoms with Gasteiger partial charge in [0, 0.05) is 5.38 Å². The van der Waals surface area contributed by atoms with E-state index >= 15 is 0 Å². The molecule has 14 heavy (non-hydrogen) atoms. The highest BCUT2D eigenvalue weighted by Gasteiger charge is 2.35. The van der Waals surface area contributed by atoms with E-state index in [0.717, 1.165) is 3.92 Å². The molecule has 0 amide bonds. The van der Waals surface area contributed by atoms with Crippen LogP contribution in [0.5, 0.6) is 0 Å². The number of alkyl halides is 3. The molecule has 0 heterocycles. The van der Waals surface area contributed by atoms with E-state index in [1.807, 2.05) is 0 Å². The van der Waals surface area contributed by atoms with E-state index in [1.54, 1.807) is 12.8 Å². The van der Waals surface area contributed by atoms with E-state index in [2.05, 4.69) is 0 Å². The van der Waals surface area contributed by atoms with Crippen LogP contribution >= 0.6 is 11.6 Å². The maximum absolute atomic E-state index is 6.14. The number of hydrogen-bond donors (Lipinski definition) is 0. The molecule has 0 radical (unpaired) electrons. The first-order valence-electron chi connectivity index (χ1n) is 6.10. The summed E-state index contributed by atoms with van der Waals surface area (Å²) in [6.07, 6.45) is 13.2. The fourth-order valence-corrected chi connectivity index (χ4v) is 7.30. The van der Waals surface area contributed by atoms with Gasteiger partial charge in [-0.15, -0.1) is 11.6 Å². The molecule has 0 unspecified atom stereocenters. The highest BCUT2D eigenvalue weighted by molar-refractivity contribution is 6.20. The van der Waals surface area contributed by atoms with Gasteiger partial charge in [-0.3, -0.25) is 0 Å². The van der Waals surface area contributed by atoms with E-state index in [-0.39, 0.29) is 0 Å². The van der Waals surface area contributed by atoms with Gasteiger partial charge in [0.2, 0.25) is 0 Å². The number of halogens is 2. The molecule has 82 valence electrons. The third kappa shape index (κ3) is 3.55. The van der Waals surface area contributed by atoms with E-state index in [4.69, 9.17) is 11.6 Å². The summed E-state index contributed by atoms with van der Waals surface area (Å²) >= 11 is 6.64. The smallest absolute Gasteiger partial charge is 0.123 e. The third-order valence-corrected chi connectivity index (χ3v) is 8.44. The van der Waals surface area contributed by atoms with Gasteiger partial charge in [0.1, 0.15) is 0 Å². The SMILES string of the molecule is ClC1CCC([I+]C2CCCCC2)CC1. The van der Waals surface area contributed by atoms with Crippen molar-refractivity contribution in [3.05, 3.63) is 0 Å². The zero-order valence-corrected chi connectivity index (χ0v) is 11.8. The van der Waals surface area contributed by atoms with E-state index in [0.29, 0.717) is 26.6 Å². The quantitative estimate of drug-likeness (QED) is 0.523. The lowest BCUT2D eigenvalue weighted by molar-refractivity contribution is -0.725. The minimum absolute atomic E-state index is 0.504. The fraction of sp³-hybridized carbons (Fsp3) is 1.00. The van der Waals surface area contributed by atoms with Crippen LogP contribution in [-0.2, 0) is 0 Å². The van der Waals surface area contributed by atoms with Crippen LogP contribution in [0, 0.1) is 0 Å². The molecule has 0 saturated heterocycles. The molecule has 0 bridgehead atoms. The minimum atomic E-state index is 0.504. The van der Waals surface area contributed by atoms with Crippen molar-refractivity contribution >= 4 is 11.6 Å². The topological polar surface area (TPSA) is 0 Å². The summed E-state index contributed by atoms with van der Waals surface area (Å²) in [4.78, 5) is 0. The summed E-state index contributed by atoms with van der Waals surface area (Å²) in [5.74, 6) is 0.